The highest BCUT2D eigenvalue weighted by Gasteiger charge is 2.33. The van der Waals surface area contributed by atoms with Crippen molar-refractivity contribution in [2.45, 2.75) is 37.8 Å². The van der Waals surface area contributed by atoms with Crippen LogP contribution in [0.25, 0.3) is 10.9 Å². The number of likely N-dealkylation sites (N-methyl/N-ethyl adjacent to an activating group) is 2. The average Bonchev–Trinajstić information content (AvgIpc) is 3.07. The maximum Gasteiger partial charge on any atom is 0.247 e. The van der Waals surface area contributed by atoms with E-state index in [1.807, 2.05) is 60.7 Å². The van der Waals surface area contributed by atoms with Crippen LogP contribution >= 0.6 is 0 Å². The van der Waals surface area contributed by atoms with Crippen molar-refractivity contribution in [3.63, 3.8) is 0 Å². The number of quaternary nitrogens is 2. The van der Waals surface area contributed by atoms with E-state index in [9.17, 15) is 9.59 Å². The van der Waals surface area contributed by atoms with E-state index in [-0.39, 0.29) is 17.7 Å². The molecule has 48 heavy (non-hydrogen) atoms. The van der Waals surface area contributed by atoms with Crippen molar-refractivity contribution in [1.29, 1.82) is 0 Å². The predicted molar refractivity (Wildman–Crippen MR) is 196 cm³/mol. The Hall–Kier alpha value is -3.49. The Morgan fingerprint density at radius 3 is 1.83 bits per heavy atom. The number of nitrogens with zero attached hydrogens (tertiary/aromatic N) is 3. The molecule has 0 fully saturated rings. The van der Waals surface area contributed by atoms with Crippen molar-refractivity contribution < 1.29 is 18.6 Å². The summed E-state index contributed by atoms with van der Waals surface area (Å²) in [6.07, 6.45) is 4.06. The van der Waals surface area contributed by atoms with Gasteiger partial charge < -0.3 is 48.3 Å². The van der Waals surface area contributed by atoms with E-state index in [1.165, 1.54) is 0 Å². The lowest BCUT2D eigenvalue weighted by Crippen LogP contribution is -2.56. The summed E-state index contributed by atoms with van der Waals surface area (Å²) in [4.78, 5) is 32.2. The van der Waals surface area contributed by atoms with Gasteiger partial charge in [0.1, 0.15) is 6.04 Å². The molecule has 0 aliphatic carbocycles. The van der Waals surface area contributed by atoms with Crippen LogP contribution in [0, 0.1) is 5.92 Å². The Bertz CT molecular complexity index is 1370. The number of aromatic nitrogens is 1. The number of pyridine rings is 1. The van der Waals surface area contributed by atoms with Gasteiger partial charge in [-0.3, -0.25) is 14.6 Å². The molecule has 1 heterocycles. The van der Waals surface area contributed by atoms with Gasteiger partial charge in [-0.25, -0.2) is 0 Å². The number of rotatable bonds is 22. The molecular weight excluding hydrogens is 604 g/mol. The van der Waals surface area contributed by atoms with E-state index >= 15 is 0 Å². The van der Waals surface area contributed by atoms with E-state index in [4.69, 9.17) is 28.7 Å². The lowest BCUT2D eigenvalue weighted by molar-refractivity contribution is -0.909. The molecule has 2 aromatic carbocycles. The molecule has 0 radical (unpaired) electrons. The van der Waals surface area contributed by atoms with E-state index in [2.05, 4.69) is 29.7 Å². The van der Waals surface area contributed by atoms with Crippen LogP contribution in [-0.4, -0.2) is 117 Å². The zero-order chi connectivity index (χ0) is 35.0. The molecule has 0 saturated heterocycles. The van der Waals surface area contributed by atoms with Gasteiger partial charge in [0.2, 0.25) is 11.8 Å². The van der Waals surface area contributed by atoms with Crippen LogP contribution in [0.1, 0.15) is 24.8 Å². The topological polar surface area (TPSA) is 201 Å². The van der Waals surface area contributed by atoms with Crippen molar-refractivity contribution in [2.24, 2.45) is 34.6 Å². The lowest BCUT2D eigenvalue weighted by atomic mass is 9.90. The number of aryl methyl sites for hydroxylation is 1. The fraction of sp³-hybridized carbons (Fsp3) is 0.528. The summed E-state index contributed by atoms with van der Waals surface area (Å²) in [7, 11) is 4.30. The highest BCUT2D eigenvalue weighted by molar-refractivity contribution is 5.99. The Morgan fingerprint density at radius 2 is 1.27 bits per heavy atom. The van der Waals surface area contributed by atoms with Gasteiger partial charge >= 0.3 is 0 Å². The minimum atomic E-state index is -0.826. The second-order valence-corrected chi connectivity index (χ2v) is 13.6. The number of benzene rings is 2. The summed E-state index contributed by atoms with van der Waals surface area (Å²) < 4.78 is 1.41. The number of carbonyl (C=O) groups is 2. The van der Waals surface area contributed by atoms with Gasteiger partial charge in [0.25, 0.3) is 0 Å². The van der Waals surface area contributed by atoms with Crippen molar-refractivity contribution in [2.75, 3.05) is 84.9 Å². The number of nitrogens with two attached hydrogens (primary N) is 5. The molecule has 2 amide bonds. The predicted octanol–water partition coefficient (Wildman–Crippen LogP) is 0.743. The fourth-order valence-corrected chi connectivity index (χ4v) is 6.45. The summed E-state index contributed by atoms with van der Waals surface area (Å²) in [6, 6.07) is 17.9. The van der Waals surface area contributed by atoms with Gasteiger partial charge in [0, 0.05) is 44.4 Å². The quantitative estimate of drug-likeness (QED) is 0.0763. The molecule has 0 saturated carbocycles. The Morgan fingerprint density at radius 1 is 0.729 bits per heavy atom. The lowest BCUT2D eigenvalue weighted by Gasteiger charge is -2.38. The molecule has 0 bridgehead atoms. The van der Waals surface area contributed by atoms with Crippen LogP contribution in [-0.2, 0) is 16.0 Å². The number of hydrogen-bond acceptors (Lipinski definition) is 8. The average molecular weight is 665 g/mol. The molecule has 12 nitrogen and oxygen atoms in total. The van der Waals surface area contributed by atoms with Gasteiger partial charge in [-0.05, 0) is 36.5 Å². The number of fused-ring (bicyclic) bond motifs is 1. The third-order valence-corrected chi connectivity index (χ3v) is 9.62. The molecule has 0 aliphatic rings. The third-order valence-electron chi connectivity index (χ3n) is 9.62. The maximum absolute atomic E-state index is 14.0. The zero-order valence-corrected chi connectivity index (χ0v) is 29.0. The van der Waals surface area contributed by atoms with Crippen LogP contribution in [0.5, 0.6) is 0 Å². The van der Waals surface area contributed by atoms with Gasteiger partial charge in [0.15, 0.2) is 0 Å². The number of nitrogens with one attached hydrogen (secondary N) is 2. The second-order valence-electron chi connectivity index (χ2n) is 13.6. The van der Waals surface area contributed by atoms with Crippen LogP contribution in [0.2, 0.25) is 0 Å². The highest BCUT2D eigenvalue weighted by atomic mass is 16.2. The van der Waals surface area contributed by atoms with Crippen molar-refractivity contribution in [3.8, 4) is 0 Å². The zero-order valence-electron chi connectivity index (χ0n) is 29.0. The monoisotopic (exact) mass is 664 g/mol. The number of para-hydroxylation sites is 1. The highest BCUT2D eigenvalue weighted by Crippen LogP contribution is 2.21. The first-order valence-corrected chi connectivity index (χ1v) is 17.3. The largest absolute Gasteiger partial charge is 0.343 e. The van der Waals surface area contributed by atoms with Gasteiger partial charge in [-0.1, -0.05) is 48.5 Å². The van der Waals surface area contributed by atoms with E-state index in [0.717, 1.165) is 55.7 Å². The first kappa shape index (κ1) is 39.0. The van der Waals surface area contributed by atoms with Crippen LogP contribution < -0.4 is 39.3 Å². The molecule has 1 unspecified atom stereocenters. The molecule has 264 valence electrons. The van der Waals surface area contributed by atoms with Crippen molar-refractivity contribution >= 4 is 28.4 Å². The summed E-state index contributed by atoms with van der Waals surface area (Å²) in [5.74, 6) is -0.803. The standard InChI is InChI=1S/C36H58N10O2/c1-45(22-16-37,23-17-38)20-14-29(15-21-46(2,24-18-39)25-19-40)34(41)36(48)44-33(13-12-28-8-4-3-5-9-28)35(47)43-31-26-30-10-6-7-11-32(30)42-27-31/h3-11,26-27,29,33-34H,12-25,37-41H2,1-2H3/p+2/t33-,34?/m0/s1. The number of hydrogen-bond donors (Lipinski definition) is 7. The smallest absolute Gasteiger partial charge is 0.247 e. The fourth-order valence-electron chi connectivity index (χ4n) is 6.45. The molecular formula is C36H60N10O2+2. The molecule has 3 rings (SSSR count). The molecule has 0 spiro atoms. The van der Waals surface area contributed by atoms with Crippen molar-refractivity contribution in [1.82, 2.24) is 10.3 Å². The minimum Gasteiger partial charge on any atom is -0.343 e. The van der Waals surface area contributed by atoms with Gasteiger partial charge in [-0.2, -0.15) is 0 Å². The van der Waals surface area contributed by atoms with Crippen LogP contribution in [0.15, 0.2) is 66.9 Å². The van der Waals surface area contributed by atoms with Gasteiger partial charge in [-0.15, -0.1) is 0 Å². The van der Waals surface area contributed by atoms with Crippen LogP contribution in [0.4, 0.5) is 5.69 Å². The summed E-state index contributed by atoms with van der Waals surface area (Å²) in [6.45, 7) is 6.86. The van der Waals surface area contributed by atoms with E-state index < -0.39 is 12.1 Å². The number of anilines is 1. The van der Waals surface area contributed by atoms with E-state index in [1.54, 1.807) is 6.20 Å². The molecule has 12 heteroatoms. The summed E-state index contributed by atoms with van der Waals surface area (Å²) >= 11 is 0. The molecule has 3 aromatic rings. The third kappa shape index (κ3) is 12.2. The first-order chi connectivity index (χ1) is 23.0. The molecule has 0 aliphatic heterocycles. The minimum absolute atomic E-state index is 0.145. The van der Waals surface area contributed by atoms with E-state index in [0.29, 0.717) is 66.5 Å². The molecule has 2 atom stereocenters. The molecule has 12 N–H and O–H groups in total. The van der Waals surface area contributed by atoms with Crippen molar-refractivity contribution in [3.05, 3.63) is 72.4 Å². The second kappa shape index (κ2) is 19.5. The number of carbonyl (C=O) groups excluding carboxylic acids is 2. The number of amides is 2. The Labute approximate surface area is 286 Å². The Kier molecular flexibility index (Phi) is 15.8. The summed E-state index contributed by atoms with van der Waals surface area (Å²) in [5, 5.41) is 6.93. The SMILES string of the molecule is C[N+](CCN)(CCN)CCC(CC[N+](C)(CCN)CCN)C(N)C(=O)N[C@@H](CCc1ccccc1)C(=O)Nc1cnc2ccccc2c1. The summed E-state index contributed by atoms with van der Waals surface area (Å²) in [5.41, 5.74) is 33.2. The first-order valence-electron chi connectivity index (χ1n) is 17.3. The van der Waals surface area contributed by atoms with Crippen LogP contribution in [0.3, 0.4) is 0 Å². The Balaban J connectivity index is 1.82. The molecule has 1 aromatic heterocycles. The normalized spacial score (nSPS) is 13.4. The van der Waals surface area contributed by atoms with Gasteiger partial charge in [0.05, 0.1) is 76.8 Å². The maximum atomic E-state index is 14.0.